The number of nitrogens with zero attached hydrogens (tertiary/aromatic N) is 1. The third-order valence-corrected chi connectivity index (χ3v) is 6.49. The van der Waals surface area contributed by atoms with Gasteiger partial charge in [0.1, 0.15) is 18.1 Å². The smallest absolute Gasteiger partial charge is 0.326 e. The Balaban J connectivity index is 3.01. The third kappa shape index (κ3) is 8.84. The fourth-order valence-electron chi connectivity index (χ4n) is 3.59. The molecule has 1 heterocycles. The van der Waals surface area contributed by atoms with E-state index in [1.54, 1.807) is 6.92 Å². The SMILES string of the molecule is CCC(C)C(NC(=O)C(CCC(=O)O)NC(=O)C(N)CCSC)C(=O)N1CCCC1C(=O)O. The number of thioether (sulfide) groups is 1. The van der Waals surface area contributed by atoms with E-state index < -0.39 is 53.8 Å². The summed E-state index contributed by atoms with van der Waals surface area (Å²) in [6.45, 7) is 3.88. The van der Waals surface area contributed by atoms with E-state index in [2.05, 4.69) is 10.6 Å². The molecule has 3 amide bonds. The molecule has 1 aliphatic heterocycles. The zero-order valence-electron chi connectivity index (χ0n) is 19.4. The van der Waals surface area contributed by atoms with E-state index in [0.29, 0.717) is 31.4 Å². The van der Waals surface area contributed by atoms with Crippen LogP contribution in [0.5, 0.6) is 0 Å². The summed E-state index contributed by atoms with van der Waals surface area (Å²) in [4.78, 5) is 62.5. The number of carbonyl (C=O) groups excluding carboxylic acids is 3. The van der Waals surface area contributed by atoms with Gasteiger partial charge in [0.05, 0.1) is 6.04 Å². The van der Waals surface area contributed by atoms with Gasteiger partial charge in [-0.2, -0.15) is 11.8 Å². The normalized spacial score (nSPS) is 19.3. The van der Waals surface area contributed by atoms with E-state index in [1.807, 2.05) is 13.2 Å². The lowest BCUT2D eigenvalue weighted by molar-refractivity contribution is -0.150. The van der Waals surface area contributed by atoms with Crippen LogP contribution in [-0.2, 0) is 24.0 Å². The van der Waals surface area contributed by atoms with Gasteiger partial charge >= 0.3 is 11.9 Å². The van der Waals surface area contributed by atoms with Gasteiger partial charge in [-0.15, -0.1) is 0 Å². The highest BCUT2D eigenvalue weighted by Crippen LogP contribution is 2.21. The summed E-state index contributed by atoms with van der Waals surface area (Å²) in [6, 6.07) is -4.00. The molecule has 0 radical (unpaired) electrons. The van der Waals surface area contributed by atoms with Gasteiger partial charge in [0.2, 0.25) is 17.7 Å². The summed E-state index contributed by atoms with van der Waals surface area (Å²) in [5, 5.41) is 23.6. The molecule has 1 aliphatic rings. The van der Waals surface area contributed by atoms with Crippen LogP contribution in [0.4, 0.5) is 0 Å². The Bertz CT molecular complexity index is 721. The Kier molecular flexibility index (Phi) is 12.2. The van der Waals surface area contributed by atoms with Crippen molar-refractivity contribution in [1.29, 1.82) is 0 Å². The molecule has 0 saturated carbocycles. The van der Waals surface area contributed by atoms with Crippen molar-refractivity contribution < 1.29 is 34.2 Å². The molecule has 1 fully saturated rings. The van der Waals surface area contributed by atoms with Crippen molar-refractivity contribution in [1.82, 2.24) is 15.5 Å². The van der Waals surface area contributed by atoms with Crippen LogP contribution in [0.2, 0.25) is 0 Å². The molecular formula is C21H36N4O7S. The number of nitrogens with one attached hydrogen (secondary N) is 2. The largest absolute Gasteiger partial charge is 0.481 e. The quantitative estimate of drug-likeness (QED) is 0.225. The van der Waals surface area contributed by atoms with Crippen LogP contribution in [0.3, 0.4) is 0 Å². The van der Waals surface area contributed by atoms with E-state index in [9.17, 15) is 29.1 Å². The average Bonchev–Trinajstić information content (AvgIpc) is 3.27. The fraction of sp³-hybridized carbons (Fsp3) is 0.762. The third-order valence-electron chi connectivity index (χ3n) is 5.85. The van der Waals surface area contributed by atoms with Crippen LogP contribution in [0.25, 0.3) is 0 Å². The van der Waals surface area contributed by atoms with Gasteiger partial charge in [0.25, 0.3) is 0 Å². The second kappa shape index (κ2) is 14.0. The molecule has 1 saturated heterocycles. The lowest BCUT2D eigenvalue weighted by atomic mass is 9.96. The van der Waals surface area contributed by atoms with Crippen molar-refractivity contribution in [2.24, 2.45) is 11.7 Å². The maximum atomic E-state index is 13.2. The number of carboxylic acid groups (broad SMARTS) is 2. The first-order valence-electron chi connectivity index (χ1n) is 11.1. The average molecular weight is 489 g/mol. The highest BCUT2D eigenvalue weighted by atomic mass is 32.2. The summed E-state index contributed by atoms with van der Waals surface area (Å²) < 4.78 is 0. The lowest BCUT2D eigenvalue weighted by Gasteiger charge is -2.31. The minimum absolute atomic E-state index is 0.176. The first kappa shape index (κ1) is 28.7. The van der Waals surface area contributed by atoms with Gasteiger partial charge in [0.15, 0.2) is 0 Å². The lowest BCUT2D eigenvalue weighted by Crippen LogP contribution is -2.58. The summed E-state index contributed by atoms with van der Waals surface area (Å²) in [7, 11) is 0. The van der Waals surface area contributed by atoms with Gasteiger partial charge in [-0.1, -0.05) is 20.3 Å². The second-order valence-electron chi connectivity index (χ2n) is 8.28. The fourth-order valence-corrected chi connectivity index (χ4v) is 4.08. The highest BCUT2D eigenvalue weighted by Gasteiger charge is 2.40. The standard InChI is InChI=1S/C21H36N4O7S/c1-4-12(2)17(20(30)25-10-5-6-15(25)21(31)32)24-19(29)14(7-8-16(26)27)23-18(28)13(22)9-11-33-3/h12-15,17H,4-11,22H2,1-3H3,(H,23,28)(H,24,29)(H,26,27)(H,31,32). The van der Waals surface area contributed by atoms with E-state index in [0.717, 1.165) is 0 Å². The minimum atomic E-state index is -1.19. The van der Waals surface area contributed by atoms with Crippen LogP contribution >= 0.6 is 11.8 Å². The first-order chi connectivity index (χ1) is 15.5. The molecule has 5 atom stereocenters. The zero-order valence-corrected chi connectivity index (χ0v) is 20.2. The molecule has 0 bridgehead atoms. The molecule has 11 nitrogen and oxygen atoms in total. The van der Waals surface area contributed by atoms with E-state index in [4.69, 9.17) is 10.8 Å². The monoisotopic (exact) mass is 488 g/mol. The number of carbonyl (C=O) groups is 5. The van der Waals surface area contributed by atoms with Crippen molar-refractivity contribution >= 4 is 41.4 Å². The summed E-state index contributed by atoms with van der Waals surface area (Å²) in [5.74, 6) is -3.67. The number of amides is 3. The predicted octanol–water partition coefficient (Wildman–Crippen LogP) is 0.0229. The number of rotatable bonds is 14. The summed E-state index contributed by atoms with van der Waals surface area (Å²) >= 11 is 1.52. The minimum Gasteiger partial charge on any atom is -0.481 e. The Morgan fingerprint density at radius 3 is 2.33 bits per heavy atom. The van der Waals surface area contributed by atoms with Gasteiger partial charge in [-0.05, 0) is 43.6 Å². The van der Waals surface area contributed by atoms with Crippen molar-refractivity contribution in [3.63, 3.8) is 0 Å². The number of aliphatic carboxylic acids is 2. The molecule has 0 aromatic heterocycles. The predicted molar refractivity (Wildman–Crippen MR) is 124 cm³/mol. The molecule has 6 N–H and O–H groups in total. The maximum absolute atomic E-state index is 13.2. The van der Waals surface area contributed by atoms with E-state index >= 15 is 0 Å². The Morgan fingerprint density at radius 1 is 1.12 bits per heavy atom. The maximum Gasteiger partial charge on any atom is 0.326 e. The summed E-state index contributed by atoms with van der Waals surface area (Å²) in [6.07, 6.45) is 3.14. The molecular weight excluding hydrogens is 452 g/mol. The molecule has 0 aliphatic carbocycles. The zero-order chi connectivity index (χ0) is 25.1. The molecule has 0 aromatic carbocycles. The van der Waals surface area contributed by atoms with Gasteiger partial charge in [0, 0.05) is 13.0 Å². The first-order valence-corrected chi connectivity index (χ1v) is 12.5. The van der Waals surface area contributed by atoms with Crippen LogP contribution in [0.1, 0.15) is 52.4 Å². The van der Waals surface area contributed by atoms with Crippen molar-refractivity contribution in [2.75, 3.05) is 18.6 Å². The summed E-state index contributed by atoms with van der Waals surface area (Å²) in [5.41, 5.74) is 5.86. The van der Waals surface area contributed by atoms with E-state index in [1.165, 1.54) is 16.7 Å². The number of nitrogens with two attached hydrogens (primary N) is 1. The Morgan fingerprint density at radius 2 is 1.79 bits per heavy atom. The molecule has 0 aromatic rings. The number of likely N-dealkylation sites (tertiary alicyclic amines) is 1. The van der Waals surface area contributed by atoms with Crippen LogP contribution in [0, 0.1) is 5.92 Å². The number of hydrogen-bond acceptors (Lipinski definition) is 7. The molecule has 5 unspecified atom stereocenters. The molecule has 0 spiro atoms. The number of hydrogen-bond donors (Lipinski definition) is 5. The number of carboxylic acids is 2. The topological polar surface area (TPSA) is 179 Å². The van der Waals surface area contributed by atoms with Crippen molar-refractivity contribution in [3.05, 3.63) is 0 Å². The van der Waals surface area contributed by atoms with Crippen molar-refractivity contribution in [2.45, 2.75) is 76.5 Å². The van der Waals surface area contributed by atoms with Gasteiger partial charge in [-0.25, -0.2) is 4.79 Å². The van der Waals surface area contributed by atoms with Crippen LogP contribution in [-0.4, -0.2) is 87.5 Å². The molecule has 12 heteroatoms. The molecule has 33 heavy (non-hydrogen) atoms. The second-order valence-corrected chi connectivity index (χ2v) is 9.27. The molecule has 1 rings (SSSR count). The van der Waals surface area contributed by atoms with Gasteiger partial charge in [-0.3, -0.25) is 19.2 Å². The van der Waals surface area contributed by atoms with Crippen molar-refractivity contribution in [3.8, 4) is 0 Å². The Labute approximate surface area is 198 Å². The van der Waals surface area contributed by atoms with Crippen LogP contribution in [0.15, 0.2) is 0 Å². The Hall–Kier alpha value is -2.34. The highest BCUT2D eigenvalue weighted by molar-refractivity contribution is 7.98. The van der Waals surface area contributed by atoms with Crippen LogP contribution < -0.4 is 16.4 Å². The molecule has 188 valence electrons. The van der Waals surface area contributed by atoms with Gasteiger partial charge < -0.3 is 31.5 Å². The van der Waals surface area contributed by atoms with E-state index in [-0.39, 0.29) is 25.3 Å².